The van der Waals surface area contributed by atoms with Gasteiger partial charge >= 0.3 is 0 Å². The lowest BCUT2D eigenvalue weighted by molar-refractivity contribution is -0.118. The molecule has 0 radical (unpaired) electrons. The molecule has 0 spiro atoms. The van der Waals surface area contributed by atoms with Crippen molar-refractivity contribution in [1.29, 1.82) is 0 Å². The molecule has 2 atom stereocenters. The first-order valence-electron chi connectivity index (χ1n) is 13.3. The van der Waals surface area contributed by atoms with Crippen molar-refractivity contribution < 1.29 is 4.79 Å². The minimum absolute atomic E-state index is 0.000878. The first-order chi connectivity index (χ1) is 18.7. The molecule has 1 aliphatic heterocycles. The van der Waals surface area contributed by atoms with Crippen molar-refractivity contribution in [3.8, 4) is 5.69 Å². The lowest BCUT2D eigenvalue weighted by atomic mass is 9.96. The molecule has 6 nitrogen and oxygen atoms in total. The van der Waals surface area contributed by atoms with Crippen LogP contribution in [0.25, 0.3) is 5.69 Å². The molecule has 0 saturated carbocycles. The summed E-state index contributed by atoms with van der Waals surface area (Å²) >= 11 is 5.96. The van der Waals surface area contributed by atoms with Gasteiger partial charge in [-0.1, -0.05) is 38.1 Å². The number of pyridine rings is 1. The summed E-state index contributed by atoms with van der Waals surface area (Å²) in [6.45, 7) is 12.3. The summed E-state index contributed by atoms with van der Waals surface area (Å²) in [5.41, 5.74) is 9.61. The van der Waals surface area contributed by atoms with E-state index in [1.54, 1.807) is 0 Å². The quantitative estimate of drug-likeness (QED) is 0.263. The number of aromatic nitrogens is 2. The van der Waals surface area contributed by atoms with E-state index in [1.165, 1.54) is 22.5 Å². The van der Waals surface area contributed by atoms with Crippen LogP contribution in [0.4, 0.5) is 11.4 Å². The Bertz CT molecular complexity index is 1540. The first-order valence-corrected chi connectivity index (χ1v) is 13.7. The van der Waals surface area contributed by atoms with Crippen LogP contribution in [-0.4, -0.2) is 20.6 Å². The van der Waals surface area contributed by atoms with Crippen molar-refractivity contribution in [2.75, 3.05) is 10.2 Å². The number of benzene rings is 2. The molecule has 1 fully saturated rings. The molecular weight excluding hydrogens is 502 g/mol. The topological polar surface area (TPSA) is 62.2 Å². The number of rotatable bonds is 6. The number of nitrogens with zero attached hydrogens (tertiary/aromatic N) is 3. The minimum Gasteiger partial charge on any atom is -0.351 e. The van der Waals surface area contributed by atoms with Gasteiger partial charge in [0.05, 0.1) is 17.8 Å². The first kappa shape index (κ1) is 26.6. The van der Waals surface area contributed by atoms with E-state index in [0.717, 1.165) is 28.3 Å². The van der Waals surface area contributed by atoms with Gasteiger partial charge in [0, 0.05) is 40.6 Å². The van der Waals surface area contributed by atoms with Gasteiger partial charge in [-0.3, -0.25) is 9.78 Å². The Hall–Kier alpha value is -3.97. The van der Waals surface area contributed by atoms with Crippen molar-refractivity contribution in [3.63, 3.8) is 0 Å². The van der Waals surface area contributed by atoms with E-state index in [-0.39, 0.29) is 23.9 Å². The molecule has 2 aromatic heterocycles. The molecule has 2 N–H and O–H groups in total. The highest BCUT2D eigenvalue weighted by atomic mass is 32.1. The third-order valence-electron chi connectivity index (χ3n) is 7.51. The molecule has 0 unspecified atom stereocenters. The van der Waals surface area contributed by atoms with E-state index in [2.05, 4.69) is 77.3 Å². The standard InChI is InChI=1S/C32H35N5OS/c1-19(2)31(38)34-26-15-14-24(17-21(26)4)37-30(29(35-32(37)39)27-12-9-10-16-33-27)25-18-22(5)36(23(25)6)28-13-8-7-11-20(28)3/h7-19,29-30H,1-6H3,(H,34,38)(H,35,39)/t29-,30-/m0/s1. The lowest BCUT2D eigenvalue weighted by Gasteiger charge is -2.29. The van der Waals surface area contributed by atoms with Crippen LogP contribution in [0.15, 0.2) is 72.9 Å². The summed E-state index contributed by atoms with van der Waals surface area (Å²) in [5, 5.41) is 7.26. The molecule has 1 amide bonds. The highest BCUT2D eigenvalue weighted by Gasteiger charge is 2.42. The molecule has 2 aromatic carbocycles. The van der Waals surface area contributed by atoms with Gasteiger partial charge in [-0.2, -0.15) is 0 Å². The van der Waals surface area contributed by atoms with Crippen LogP contribution < -0.4 is 15.5 Å². The number of nitrogens with one attached hydrogen (secondary N) is 2. The van der Waals surface area contributed by atoms with Gasteiger partial charge in [0.2, 0.25) is 5.91 Å². The predicted molar refractivity (Wildman–Crippen MR) is 163 cm³/mol. The Labute approximate surface area is 236 Å². The van der Waals surface area contributed by atoms with Crippen LogP contribution in [0.5, 0.6) is 0 Å². The number of para-hydroxylation sites is 1. The van der Waals surface area contributed by atoms with E-state index in [1.807, 2.05) is 57.3 Å². The van der Waals surface area contributed by atoms with Crippen LogP contribution in [0.1, 0.15) is 59.7 Å². The zero-order valence-corrected chi connectivity index (χ0v) is 24.1. The Morgan fingerprint density at radius 2 is 1.72 bits per heavy atom. The Kier molecular flexibility index (Phi) is 7.28. The summed E-state index contributed by atoms with van der Waals surface area (Å²) < 4.78 is 2.33. The van der Waals surface area contributed by atoms with Crippen molar-refractivity contribution in [1.82, 2.24) is 14.9 Å². The number of hydrogen-bond acceptors (Lipinski definition) is 3. The summed E-state index contributed by atoms with van der Waals surface area (Å²) in [7, 11) is 0. The third-order valence-corrected chi connectivity index (χ3v) is 7.83. The summed E-state index contributed by atoms with van der Waals surface area (Å²) in [6.07, 6.45) is 1.83. The smallest absolute Gasteiger partial charge is 0.226 e. The maximum Gasteiger partial charge on any atom is 0.226 e. The Morgan fingerprint density at radius 3 is 2.38 bits per heavy atom. The molecule has 0 aliphatic carbocycles. The highest BCUT2D eigenvalue weighted by Crippen LogP contribution is 2.44. The number of anilines is 2. The Balaban J connectivity index is 1.63. The van der Waals surface area contributed by atoms with E-state index < -0.39 is 0 Å². The molecule has 7 heteroatoms. The number of carbonyl (C=O) groups excluding carboxylic acids is 1. The highest BCUT2D eigenvalue weighted by molar-refractivity contribution is 7.80. The van der Waals surface area contributed by atoms with Gasteiger partial charge in [0.15, 0.2) is 5.11 Å². The predicted octanol–water partition coefficient (Wildman–Crippen LogP) is 6.88. The summed E-state index contributed by atoms with van der Waals surface area (Å²) in [5.74, 6) is -0.0904. The fourth-order valence-corrected chi connectivity index (χ4v) is 5.78. The van der Waals surface area contributed by atoms with Crippen molar-refractivity contribution in [2.45, 2.75) is 53.6 Å². The molecule has 3 heterocycles. The monoisotopic (exact) mass is 537 g/mol. The minimum atomic E-state index is -0.134. The van der Waals surface area contributed by atoms with Crippen LogP contribution in [0.3, 0.4) is 0 Å². The fraction of sp³-hybridized carbons (Fsp3) is 0.281. The van der Waals surface area contributed by atoms with Crippen LogP contribution in [-0.2, 0) is 4.79 Å². The molecule has 0 bridgehead atoms. The van der Waals surface area contributed by atoms with E-state index >= 15 is 0 Å². The second kappa shape index (κ2) is 10.7. The normalized spacial score (nSPS) is 17.0. The van der Waals surface area contributed by atoms with Gasteiger partial charge in [-0.25, -0.2) is 0 Å². The van der Waals surface area contributed by atoms with E-state index in [9.17, 15) is 4.79 Å². The zero-order valence-electron chi connectivity index (χ0n) is 23.3. The van der Waals surface area contributed by atoms with E-state index in [4.69, 9.17) is 17.2 Å². The lowest BCUT2D eigenvalue weighted by Crippen LogP contribution is -2.29. The number of amides is 1. The maximum absolute atomic E-state index is 12.3. The second-order valence-electron chi connectivity index (χ2n) is 10.6. The molecule has 4 aromatic rings. The van der Waals surface area contributed by atoms with Crippen LogP contribution in [0.2, 0.25) is 0 Å². The van der Waals surface area contributed by atoms with Crippen molar-refractivity contribution in [2.24, 2.45) is 5.92 Å². The van der Waals surface area contributed by atoms with Crippen LogP contribution in [0, 0.1) is 33.6 Å². The van der Waals surface area contributed by atoms with Gasteiger partial charge < -0.3 is 20.1 Å². The largest absolute Gasteiger partial charge is 0.351 e. The molecular formula is C32H35N5OS. The van der Waals surface area contributed by atoms with E-state index in [0.29, 0.717) is 5.11 Å². The van der Waals surface area contributed by atoms with Gasteiger partial charge in [-0.15, -0.1) is 0 Å². The average molecular weight is 538 g/mol. The van der Waals surface area contributed by atoms with Gasteiger partial charge in [0.25, 0.3) is 0 Å². The molecule has 39 heavy (non-hydrogen) atoms. The molecule has 5 rings (SSSR count). The molecule has 200 valence electrons. The number of aryl methyl sites for hydroxylation is 3. The molecule has 1 saturated heterocycles. The zero-order chi connectivity index (χ0) is 27.8. The number of hydrogen-bond donors (Lipinski definition) is 2. The summed E-state index contributed by atoms with van der Waals surface area (Å²) in [6, 6.07) is 22.6. The summed E-state index contributed by atoms with van der Waals surface area (Å²) in [4.78, 5) is 19.2. The van der Waals surface area contributed by atoms with Crippen molar-refractivity contribution in [3.05, 3.63) is 107 Å². The van der Waals surface area contributed by atoms with Gasteiger partial charge in [0.1, 0.15) is 0 Å². The second-order valence-corrected chi connectivity index (χ2v) is 11.0. The number of thiocarbonyl (C=S) groups is 1. The van der Waals surface area contributed by atoms with Crippen molar-refractivity contribution >= 4 is 34.6 Å². The third kappa shape index (κ3) is 4.94. The van der Waals surface area contributed by atoms with Crippen LogP contribution >= 0.6 is 12.2 Å². The number of carbonyl (C=O) groups is 1. The van der Waals surface area contributed by atoms with Gasteiger partial charge in [-0.05, 0) is 99.1 Å². The average Bonchev–Trinajstić information content (AvgIpc) is 3.41. The SMILES string of the molecule is Cc1cc(N2C(=S)N[C@@H](c3ccccn3)[C@@H]2c2cc(C)n(-c3ccccc3C)c2C)ccc1NC(=O)C(C)C. The fourth-order valence-electron chi connectivity index (χ4n) is 5.44. The maximum atomic E-state index is 12.3. The molecule has 1 aliphatic rings. The Morgan fingerprint density at radius 1 is 0.974 bits per heavy atom.